The maximum Gasteiger partial charge on any atom is 0.0945 e. The summed E-state index contributed by atoms with van der Waals surface area (Å²) in [4.78, 5) is 0. The highest BCUT2D eigenvalue weighted by molar-refractivity contribution is 7.85. The van der Waals surface area contributed by atoms with Crippen LogP contribution in [0.15, 0.2) is 0 Å². The van der Waals surface area contributed by atoms with E-state index in [0.717, 1.165) is 19.3 Å². The van der Waals surface area contributed by atoms with Crippen LogP contribution in [0.4, 0.5) is 0 Å². The minimum Gasteiger partial charge on any atom is -0.748 e. The lowest BCUT2D eigenvalue weighted by atomic mass is 10.2. The van der Waals surface area contributed by atoms with Gasteiger partial charge in [0.15, 0.2) is 0 Å². The minimum absolute atomic E-state index is 0.201. The first kappa shape index (κ1) is 17.7. The molecular weight excluding hydrogens is 231 g/mol. The first-order valence-electron chi connectivity index (χ1n) is 5.28. The molecule has 0 bridgehead atoms. The molecule has 0 fully saturated rings. The van der Waals surface area contributed by atoms with E-state index in [1.54, 1.807) is 0 Å². The van der Waals surface area contributed by atoms with Crippen molar-refractivity contribution in [2.24, 2.45) is 0 Å². The predicted octanol–water partition coefficient (Wildman–Crippen LogP) is 2.64. The van der Waals surface area contributed by atoms with Gasteiger partial charge in [0, 0.05) is 39.7 Å². The van der Waals surface area contributed by atoms with Crippen molar-refractivity contribution in [2.45, 2.75) is 32.6 Å². The average molecular weight is 256 g/mol. The van der Waals surface area contributed by atoms with Crippen molar-refractivity contribution in [1.29, 1.82) is 0 Å². The first-order chi connectivity index (χ1) is 6.56. The molecule has 0 atom stereocenters. The summed E-state index contributed by atoms with van der Waals surface area (Å²) in [5.74, 6) is -0.201. The van der Waals surface area contributed by atoms with Crippen molar-refractivity contribution < 1.29 is 13.0 Å². The Morgan fingerprint density at radius 2 is 1.40 bits per heavy atom. The highest BCUT2D eigenvalue weighted by Crippen LogP contribution is 2.40. The summed E-state index contributed by atoms with van der Waals surface area (Å²) in [6.07, 6.45) is 3.42. The third-order valence-corrected chi connectivity index (χ3v) is 2.04. The molecule has 0 unspecified atom stereocenters. The van der Waals surface area contributed by atoms with Crippen LogP contribution in [-0.2, 0) is 10.1 Å². The molecule has 0 saturated carbocycles. The Balaban J connectivity index is 0. The Bertz CT molecular complexity index is 224. The Labute approximate surface area is 95.7 Å². The van der Waals surface area contributed by atoms with E-state index in [1.165, 1.54) is 0 Å². The number of hydrogen-bond acceptors (Lipinski definition) is 3. The molecule has 0 aromatic rings. The average Bonchev–Trinajstić information content (AvgIpc) is 1.93. The topological polar surface area (TPSA) is 57.2 Å². The van der Waals surface area contributed by atoms with Crippen molar-refractivity contribution in [3.05, 3.63) is 0 Å². The predicted molar refractivity (Wildman–Crippen MR) is 69.3 cm³/mol. The van der Waals surface area contributed by atoms with Gasteiger partial charge in [-0.25, -0.2) is 8.42 Å². The van der Waals surface area contributed by atoms with Crippen LogP contribution in [0.3, 0.4) is 0 Å². The van der Waals surface area contributed by atoms with Gasteiger partial charge in [-0.05, 0) is 6.42 Å². The highest BCUT2D eigenvalue weighted by Gasteiger charge is 2.03. The van der Waals surface area contributed by atoms with Crippen LogP contribution in [0.25, 0.3) is 0 Å². The molecule has 0 rings (SSSR count). The summed E-state index contributed by atoms with van der Waals surface area (Å²) in [5.41, 5.74) is 0. The zero-order valence-corrected chi connectivity index (χ0v) is 12.3. The van der Waals surface area contributed by atoms with Gasteiger partial charge in [-0.3, -0.25) is 0 Å². The smallest absolute Gasteiger partial charge is 0.0945 e. The zero-order chi connectivity index (χ0) is 12.5. The van der Waals surface area contributed by atoms with Crippen molar-refractivity contribution in [2.75, 3.05) is 32.4 Å². The molecular formula is C10H25O3PS. The lowest BCUT2D eigenvalue weighted by Gasteiger charge is -2.04. The van der Waals surface area contributed by atoms with Crippen LogP contribution in [-0.4, -0.2) is 45.4 Å². The summed E-state index contributed by atoms with van der Waals surface area (Å²) in [6, 6.07) is 0. The SMILES string of the molecule is CCCCCCS(=O)(=O)[O-].C[P+](C)(C)C. The van der Waals surface area contributed by atoms with E-state index in [2.05, 4.69) is 26.7 Å². The molecule has 0 N–H and O–H groups in total. The van der Waals surface area contributed by atoms with E-state index in [9.17, 15) is 13.0 Å². The van der Waals surface area contributed by atoms with E-state index in [4.69, 9.17) is 0 Å². The van der Waals surface area contributed by atoms with E-state index in [-0.39, 0.29) is 13.0 Å². The van der Waals surface area contributed by atoms with Crippen molar-refractivity contribution in [3.63, 3.8) is 0 Å². The van der Waals surface area contributed by atoms with Crippen LogP contribution in [0.1, 0.15) is 32.6 Å². The van der Waals surface area contributed by atoms with Gasteiger partial charge in [0.1, 0.15) is 0 Å². The van der Waals surface area contributed by atoms with Crippen LogP contribution < -0.4 is 0 Å². The first-order valence-corrected chi connectivity index (χ1v) is 10.4. The molecule has 0 heterocycles. The third kappa shape index (κ3) is 40.5. The quantitative estimate of drug-likeness (QED) is 0.431. The van der Waals surface area contributed by atoms with Gasteiger partial charge in [-0.15, -0.1) is 0 Å². The Hall–Kier alpha value is 0.340. The van der Waals surface area contributed by atoms with Crippen molar-refractivity contribution in [1.82, 2.24) is 0 Å². The molecule has 0 radical (unpaired) electrons. The van der Waals surface area contributed by atoms with Gasteiger partial charge in [0.25, 0.3) is 0 Å². The van der Waals surface area contributed by atoms with Crippen molar-refractivity contribution >= 4 is 17.4 Å². The fourth-order valence-corrected chi connectivity index (χ4v) is 1.26. The fourth-order valence-electron chi connectivity index (χ4n) is 0.706. The van der Waals surface area contributed by atoms with E-state index in [0.29, 0.717) is 6.42 Å². The molecule has 5 heteroatoms. The molecule has 0 aliphatic carbocycles. The third-order valence-electron chi connectivity index (χ3n) is 1.25. The van der Waals surface area contributed by atoms with Gasteiger partial charge in [0.2, 0.25) is 0 Å². The second-order valence-electron chi connectivity index (χ2n) is 5.01. The maximum absolute atomic E-state index is 10.0. The van der Waals surface area contributed by atoms with Crippen molar-refractivity contribution in [3.8, 4) is 0 Å². The van der Waals surface area contributed by atoms with Gasteiger partial charge in [-0.1, -0.05) is 26.2 Å². The summed E-state index contributed by atoms with van der Waals surface area (Å²) in [7, 11) is -4.34. The van der Waals surface area contributed by atoms with E-state index in [1.807, 2.05) is 6.92 Å². The number of rotatable bonds is 5. The highest BCUT2D eigenvalue weighted by atomic mass is 32.2. The summed E-state index contributed by atoms with van der Waals surface area (Å²) in [5, 5.41) is 0. The second-order valence-corrected chi connectivity index (χ2v) is 11.9. The molecule has 0 saturated heterocycles. The molecule has 0 spiro atoms. The molecule has 3 nitrogen and oxygen atoms in total. The Morgan fingerprint density at radius 1 is 1.00 bits per heavy atom. The van der Waals surface area contributed by atoms with Crippen LogP contribution in [0.5, 0.6) is 0 Å². The fraction of sp³-hybridized carbons (Fsp3) is 1.00. The second kappa shape index (κ2) is 8.49. The van der Waals surface area contributed by atoms with Crippen LogP contribution in [0.2, 0.25) is 0 Å². The summed E-state index contributed by atoms with van der Waals surface area (Å²) < 4.78 is 30.1. The molecule has 0 aromatic carbocycles. The maximum atomic E-state index is 10.0. The molecule has 0 aliphatic rings. The van der Waals surface area contributed by atoms with Gasteiger partial charge < -0.3 is 4.55 Å². The summed E-state index contributed by atoms with van der Waals surface area (Å²) >= 11 is 0. The van der Waals surface area contributed by atoms with E-state index < -0.39 is 10.1 Å². The van der Waals surface area contributed by atoms with Gasteiger partial charge >= 0.3 is 0 Å². The summed E-state index contributed by atoms with van der Waals surface area (Å²) in [6.45, 7) is 11.2. The molecule has 0 amide bonds. The normalized spacial score (nSPS) is 11.9. The van der Waals surface area contributed by atoms with Gasteiger partial charge in [0.05, 0.1) is 10.1 Å². The lowest BCUT2D eigenvalue weighted by molar-refractivity contribution is 0.459. The molecule has 0 aromatic heterocycles. The molecule has 94 valence electrons. The minimum atomic E-state index is -3.95. The van der Waals surface area contributed by atoms with Gasteiger partial charge in [-0.2, -0.15) is 0 Å². The largest absolute Gasteiger partial charge is 0.748 e. The molecule has 0 aliphatic heterocycles. The Kier molecular flexibility index (Phi) is 10.0. The zero-order valence-electron chi connectivity index (χ0n) is 10.6. The number of unbranched alkanes of at least 4 members (excludes halogenated alkanes) is 3. The monoisotopic (exact) mass is 256 g/mol. The van der Waals surface area contributed by atoms with E-state index >= 15 is 0 Å². The number of hydrogen-bond donors (Lipinski definition) is 0. The standard InChI is InChI=1S/C6H14O3S.C4H12P/c1-2-3-4-5-6-10(7,8)9;1-5(2,3)4/h2-6H2,1H3,(H,7,8,9);1-4H3/q;+1/p-1. The Morgan fingerprint density at radius 3 is 1.67 bits per heavy atom. The lowest BCUT2D eigenvalue weighted by Crippen LogP contribution is -2.03. The molecule has 15 heavy (non-hydrogen) atoms. The van der Waals surface area contributed by atoms with Crippen LogP contribution >= 0.6 is 7.26 Å². The van der Waals surface area contributed by atoms with Crippen LogP contribution in [0, 0.1) is 0 Å².